The third-order valence-corrected chi connectivity index (χ3v) is 6.88. The second-order valence-electron chi connectivity index (χ2n) is 8.71. The van der Waals surface area contributed by atoms with E-state index >= 15 is 0 Å². The van der Waals surface area contributed by atoms with Gasteiger partial charge in [0.2, 0.25) is 5.91 Å². The average Bonchev–Trinajstić information content (AvgIpc) is 2.89. The SMILES string of the molecule is O=C(CCN(Cc1ccccc1)C(=O)Nc1ccccc1Br)N1CCN(Cc2ccccc2)CC1. The number of halogens is 1. The maximum absolute atomic E-state index is 13.1. The van der Waals surface area contributed by atoms with Gasteiger partial charge in [0, 0.05) is 56.7 Å². The van der Waals surface area contributed by atoms with Gasteiger partial charge in [-0.15, -0.1) is 0 Å². The van der Waals surface area contributed by atoms with Crippen molar-refractivity contribution in [3.63, 3.8) is 0 Å². The van der Waals surface area contributed by atoms with Crippen LogP contribution in [-0.4, -0.2) is 59.4 Å². The van der Waals surface area contributed by atoms with E-state index in [1.54, 1.807) is 4.90 Å². The molecule has 7 heteroatoms. The van der Waals surface area contributed by atoms with Gasteiger partial charge in [0.15, 0.2) is 0 Å². The van der Waals surface area contributed by atoms with Gasteiger partial charge in [-0.1, -0.05) is 72.8 Å². The number of carbonyl (C=O) groups excluding carboxylic acids is 2. The molecule has 0 radical (unpaired) electrons. The molecular formula is C28H31BrN4O2. The third-order valence-electron chi connectivity index (χ3n) is 6.19. The topological polar surface area (TPSA) is 55.9 Å². The number of nitrogens with zero attached hydrogens (tertiary/aromatic N) is 3. The molecule has 0 unspecified atom stereocenters. The number of carbonyl (C=O) groups is 2. The lowest BCUT2D eigenvalue weighted by Crippen LogP contribution is -2.49. The molecule has 1 N–H and O–H groups in total. The minimum Gasteiger partial charge on any atom is -0.340 e. The fraction of sp³-hybridized carbons (Fsp3) is 0.286. The highest BCUT2D eigenvalue weighted by Crippen LogP contribution is 2.22. The molecule has 3 aromatic rings. The van der Waals surface area contributed by atoms with E-state index in [-0.39, 0.29) is 11.9 Å². The van der Waals surface area contributed by atoms with Crippen molar-refractivity contribution in [2.75, 3.05) is 38.0 Å². The smallest absolute Gasteiger partial charge is 0.322 e. The number of hydrogen-bond acceptors (Lipinski definition) is 3. The van der Waals surface area contributed by atoms with Gasteiger partial charge in [-0.25, -0.2) is 4.79 Å². The normalized spacial score (nSPS) is 13.9. The quantitative estimate of drug-likeness (QED) is 0.431. The van der Waals surface area contributed by atoms with Crippen LogP contribution in [0.5, 0.6) is 0 Å². The first-order valence-electron chi connectivity index (χ1n) is 12.0. The van der Waals surface area contributed by atoms with E-state index in [4.69, 9.17) is 0 Å². The highest BCUT2D eigenvalue weighted by molar-refractivity contribution is 9.10. The number of piperazine rings is 1. The van der Waals surface area contributed by atoms with Crippen LogP contribution in [0.25, 0.3) is 0 Å². The zero-order valence-corrected chi connectivity index (χ0v) is 21.4. The molecule has 6 nitrogen and oxygen atoms in total. The van der Waals surface area contributed by atoms with E-state index < -0.39 is 0 Å². The molecule has 1 aliphatic rings. The Hall–Kier alpha value is -3.16. The number of para-hydroxylation sites is 1. The Balaban J connectivity index is 1.32. The minimum absolute atomic E-state index is 0.0936. The summed E-state index contributed by atoms with van der Waals surface area (Å²) in [5.74, 6) is 0.0936. The molecule has 4 rings (SSSR count). The Labute approximate surface area is 215 Å². The molecule has 0 bridgehead atoms. The fourth-order valence-corrected chi connectivity index (χ4v) is 4.58. The third kappa shape index (κ3) is 7.41. The first-order chi connectivity index (χ1) is 17.1. The van der Waals surface area contributed by atoms with Gasteiger partial charge >= 0.3 is 6.03 Å². The predicted octanol–water partition coefficient (Wildman–Crippen LogP) is 5.22. The molecular weight excluding hydrogens is 504 g/mol. The van der Waals surface area contributed by atoms with Crippen LogP contribution < -0.4 is 5.32 Å². The van der Waals surface area contributed by atoms with Crippen molar-refractivity contribution in [1.29, 1.82) is 0 Å². The van der Waals surface area contributed by atoms with Crippen LogP contribution in [0.2, 0.25) is 0 Å². The number of rotatable bonds is 8. The van der Waals surface area contributed by atoms with E-state index in [2.05, 4.69) is 50.4 Å². The largest absolute Gasteiger partial charge is 0.340 e. The van der Waals surface area contributed by atoms with Crippen molar-refractivity contribution in [2.45, 2.75) is 19.5 Å². The van der Waals surface area contributed by atoms with Crippen molar-refractivity contribution >= 4 is 33.6 Å². The molecule has 3 aromatic carbocycles. The number of benzene rings is 3. The monoisotopic (exact) mass is 534 g/mol. The number of anilines is 1. The van der Waals surface area contributed by atoms with Crippen molar-refractivity contribution in [3.8, 4) is 0 Å². The lowest BCUT2D eigenvalue weighted by molar-refractivity contribution is -0.133. The summed E-state index contributed by atoms with van der Waals surface area (Å²) in [6.45, 7) is 4.85. The van der Waals surface area contributed by atoms with E-state index in [1.807, 2.05) is 65.6 Å². The van der Waals surface area contributed by atoms with Gasteiger partial charge in [0.1, 0.15) is 0 Å². The number of amides is 3. The van der Waals surface area contributed by atoms with Crippen molar-refractivity contribution in [1.82, 2.24) is 14.7 Å². The van der Waals surface area contributed by atoms with Crippen LogP contribution in [0.4, 0.5) is 10.5 Å². The highest BCUT2D eigenvalue weighted by atomic mass is 79.9. The summed E-state index contributed by atoms with van der Waals surface area (Å²) in [6.07, 6.45) is 0.300. The Morgan fingerprint density at radius 1 is 0.800 bits per heavy atom. The molecule has 0 aliphatic carbocycles. The molecule has 3 amide bonds. The van der Waals surface area contributed by atoms with E-state index in [9.17, 15) is 9.59 Å². The Morgan fingerprint density at radius 3 is 2.06 bits per heavy atom. The van der Waals surface area contributed by atoms with E-state index in [1.165, 1.54) is 5.56 Å². The Bertz CT molecular complexity index is 1100. The van der Waals surface area contributed by atoms with Crippen molar-refractivity contribution in [2.24, 2.45) is 0 Å². The zero-order chi connectivity index (χ0) is 24.5. The summed E-state index contributed by atoms with van der Waals surface area (Å²) >= 11 is 3.48. The average molecular weight is 535 g/mol. The molecule has 35 heavy (non-hydrogen) atoms. The molecule has 0 spiro atoms. The second kappa shape index (κ2) is 12.5. The first kappa shape index (κ1) is 24.9. The Kier molecular flexibility index (Phi) is 8.92. The molecule has 1 fully saturated rings. The maximum atomic E-state index is 13.1. The minimum atomic E-state index is -0.221. The van der Waals surface area contributed by atoms with Crippen LogP contribution in [0, 0.1) is 0 Å². The van der Waals surface area contributed by atoms with Gasteiger partial charge in [-0.05, 0) is 39.2 Å². The lowest BCUT2D eigenvalue weighted by Gasteiger charge is -2.35. The summed E-state index contributed by atoms with van der Waals surface area (Å²) < 4.78 is 0.817. The molecule has 182 valence electrons. The van der Waals surface area contributed by atoms with Crippen molar-refractivity contribution in [3.05, 3.63) is 101 Å². The second-order valence-corrected chi connectivity index (χ2v) is 9.56. The van der Waals surface area contributed by atoms with Crippen LogP contribution in [0.1, 0.15) is 17.5 Å². The summed E-state index contributed by atoms with van der Waals surface area (Å²) in [5, 5.41) is 2.97. The number of nitrogens with one attached hydrogen (secondary N) is 1. The van der Waals surface area contributed by atoms with E-state index in [0.717, 1.165) is 29.7 Å². The van der Waals surface area contributed by atoms with Crippen LogP contribution >= 0.6 is 15.9 Å². The van der Waals surface area contributed by atoms with Gasteiger partial charge < -0.3 is 15.1 Å². The predicted molar refractivity (Wildman–Crippen MR) is 143 cm³/mol. The van der Waals surface area contributed by atoms with Crippen LogP contribution in [0.3, 0.4) is 0 Å². The highest BCUT2D eigenvalue weighted by Gasteiger charge is 2.23. The molecule has 1 saturated heterocycles. The number of hydrogen-bond donors (Lipinski definition) is 1. The Morgan fingerprint density at radius 2 is 1.40 bits per heavy atom. The van der Waals surface area contributed by atoms with Crippen LogP contribution in [0.15, 0.2) is 89.4 Å². The summed E-state index contributed by atoms with van der Waals surface area (Å²) in [7, 11) is 0. The lowest BCUT2D eigenvalue weighted by atomic mass is 10.2. The first-order valence-corrected chi connectivity index (χ1v) is 12.8. The van der Waals surface area contributed by atoms with Crippen molar-refractivity contribution < 1.29 is 9.59 Å². The molecule has 0 aromatic heterocycles. The van der Waals surface area contributed by atoms with Gasteiger partial charge in [-0.3, -0.25) is 9.69 Å². The van der Waals surface area contributed by atoms with Gasteiger partial charge in [0.05, 0.1) is 5.69 Å². The maximum Gasteiger partial charge on any atom is 0.322 e. The van der Waals surface area contributed by atoms with Crippen LogP contribution in [-0.2, 0) is 17.9 Å². The summed E-state index contributed by atoms with van der Waals surface area (Å²) in [6, 6.07) is 27.6. The number of urea groups is 1. The summed E-state index contributed by atoms with van der Waals surface area (Å²) in [4.78, 5) is 32.1. The summed E-state index contributed by atoms with van der Waals surface area (Å²) in [5.41, 5.74) is 3.02. The standard InChI is InChI=1S/C28H31BrN4O2/c29-25-13-7-8-14-26(25)30-28(35)33(22-24-11-5-2-6-12-24)16-15-27(34)32-19-17-31(18-20-32)21-23-9-3-1-4-10-23/h1-14H,15-22H2,(H,30,35). The van der Waals surface area contributed by atoms with Gasteiger partial charge in [0.25, 0.3) is 0 Å². The zero-order valence-electron chi connectivity index (χ0n) is 19.8. The molecule has 1 aliphatic heterocycles. The van der Waals surface area contributed by atoms with E-state index in [0.29, 0.717) is 38.3 Å². The van der Waals surface area contributed by atoms with Gasteiger partial charge in [-0.2, -0.15) is 0 Å². The molecule has 0 saturated carbocycles. The molecule has 0 atom stereocenters. The fourth-order valence-electron chi connectivity index (χ4n) is 4.20. The molecule has 1 heterocycles.